The molecular weight excluding hydrogens is 326 g/mol. The summed E-state index contributed by atoms with van der Waals surface area (Å²) in [5.41, 5.74) is 1.40. The number of nitrogens with zero attached hydrogens (tertiary/aromatic N) is 2. The fourth-order valence-electron chi connectivity index (χ4n) is 2.10. The molecule has 1 aromatic heterocycles. The summed E-state index contributed by atoms with van der Waals surface area (Å²) in [6.07, 6.45) is -3.68. The van der Waals surface area contributed by atoms with Gasteiger partial charge in [-0.2, -0.15) is 4.98 Å². The molecule has 11 nitrogen and oxygen atoms in total. The molecule has 0 bridgehead atoms. The summed E-state index contributed by atoms with van der Waals surface area (Å²) in [6.45, 7) is 1.32. The maximum atomic E-state index is 12.0. The first kappa shape index (κ1) is 18.3. The highest BCUT2D eigenvalue weighted by atomic mass is 16.7. The number of carbonyl (C=O) groups is 1. The van der Waals surface area contributed by atoms with Gasteiger partial charge in [0.15, 0.2) is 12.0 Å². The van der Waals surface area contributed by atoms with Gasteiger partial charge in [-0.1, -0.05) is 0 Å². The molecular formula is C13H19N3O8. The van der Waals surface area contributed by atoms with Gasteiger partial charge in [0.05, 0.1) is 6.61 Å². The van der Waals surface area contributed by atoms with Gasteiger partial charge in [0.1, 0.15) is 24.9 Å². The Morgan fingerprint density at radius 2 is 2.21 bits per heavy atom. The summed E-state index contributed by atoms with van der Waals surface area (Å²) in [4.78, 5) is 31.5. The zero-order chi connectivity index (χ0) is 17.7. The van der Waals surface area contributed by atoms with E-state index in [4.69, 9.17) is 14.6 Å². The normalized spacial score (nSPS) is 26.3. The third-order valence-corrected chi connectivity index (χ3v) is 3.31. The zero-order valence-electron chi connectivity index (χ0n) is 12.9. The van der Waals surface area contributed by atoms with Gasteiger partial charge in [0.25, 0.3) is 0 Å². The van der Waals surface area contributed by atoms with Crippen LogP contribution in [0.4, 0.5) is 5.82 Å². The number of aliphatic hydroxyl groups is 3. The lowest BCUT2D eigenvalue weighted by molar-refractivity contribution is -0.145. The number of aromatic nitrogens is 2. The third kappa shape index (κ3) is 4.07. The summed E-state index contributed by atoms with van der Waals surface area (Å²) in [5, 5.41) is 28.6. The van der Waals surface area contributed by atoms with Crippen LogP contribution in [0.15, 0.2) is 17.1 Å². The minimum absolute atomic E-state index is 0.0344. The molecule has 0 radical (unpaired) electrons. The van der Waals surface area contributed by atoms with Crippen LogP contribution in [-0.2, 0) is 19.1 Å². The van der Waals surface area contributed by atoms with E-state index in [0.29, 0.717) is 6.61 Å². The van der Waals surface area contributed by atoms with Gasteiger partial charge in [0, 0.05) is 18.9 Å². The van der Waals surface area contributed by atoms with Crippen LogP contribution < -0.4 is 11.2 Å². The van der Waals surface area contributed by atoms with Crippen molar-refractivity contribution in [3.05, 3.63) is 22.7 Å². The topological polar surface area (TPSA) is 152 Å². The van der Waals surface area contributed by atoms with Crippen molar-refractivity contribution in [1.29, 1.82) is 0 Å². The number of carbonyl (C=O) groups excluding carboxylic acids is 1. The predicted molar refractivity (Wildman–Crippen MR) is 77.7 cm³/mol. The van der Waals surface area contributed by atoms with Crippen molar-refractivity contribution in [3.63, 3.8) is 0 Å². The van der Waals surface area contributed by atoms with E-state index >= 15 is 0 Å². The molecule has 0 aliphatic carbocycles. The smallest absolute Gasteiger partial charge is 0.357 e. The molecule has 0 aromatic carbocycles. The van der Waals surface area contributed by atoms with E-state index in [0.717, 1.165) is 4.57 Å². The molecule has 1 aromatic rings. The molecule has 1 saturated heterocycles. The van der Waals surface area contributed by atoms with E-state index in [2.05, 4.69) is 15.3 Å². The van der Waals surface area contributed by atoms with Crippen LogP contribution in [0, 0.1) is 0 Å². The molecule has 4 atom stereocenters. The number of hydrogen-bond donors (Lipinski definition) is 4. The van der Waals surface area contributed by atoms with E-state index in [1.165, 1.54) is 12.3 Å². The van der Waals surface area contributed by atoms with Gasteiger partial charge in [0.2, 0.25) is 0 Å². The number of rotatable bonds is 7. The van der Waals surface area contributed by atoms with Crippen molar-refractivity contribution in [1.82, 2.24) is 9.55 Å². The zero-order valence-corrected chi connectivity index (χ0v) is 12.9. The monoisotopic (exact) mass is 345 g/mol. The van der Waals surface area contributed by atoms with Crippen LogP contribution in [0.2, 0.25) is 0 Å². The van der Waals surface area contributed by atoms with Crippen molar-refractivity contribution in [2.45, 2.75) is 31.5 Å². The number of hydrogen-bond acceptors (Lipinski definition) is 10. The van der Waals surface area contributed by atoms with Crippen LogP contribution in [0.1, 0.15) is 13.2 Å². The van der Waals surface area contributed by atoms with Crippen molar-refractivity contribution < 1.29 is 34.4 Å². The van der Waals surface area contributed by atoms with Gasteiger partial charge in [-0.15, -0.1) is 0 Å². The molecule has 2 rings (SSSR count). The summed E-state index contributed by atoms with van der Waals surface area (Å²) in [6, 6.07) is 1.31. The highest BCUT2D eigenvalue weighted by Gasteiger charge is 2.43. The van der Waals surface area contributed by atoms with Gasteiger partial charge in [-0.3, -0.25) is 4.57 Å². The molecule has 1 fully saturated rings. The summed E-state index contributed by atoms with van der Waals surface area (Å²) >= 11 is 0. The molecule has 0 amide bonds. The summed E-state index contributed by atoms with van der Waals surface area (Å²) in [7, 11) is 0. The van der Waals surface area contributed by atoms with Crippen molar-refractivity contribution in [2.24, 2.45) is 0 Å². The van der Waals surface area contributed by atoms with Crippen molar-refractivity contribution in [2.75, 3.05) is 25.3 Å². The van der Waals surface area contributed by atoms with Gasteiger partial charge < -0.3 is 29.6 Å². The van der Waals surface area contributed by atoms with Crippen molar-refractivity contribution in [3.8, 4) is 0 Å². The Hall–Kier alpha value is -2.05. The number of ether oxygens (including phenoxy) is 2. The lowest BCUT2D eigenvalue weighted by atomic mass is 10.1. The maximum Gasteiger partial charge on any atom is 0.357 e. The summed E-state index contributed by atoms with van der Waals surface area (Å²) in [5.74, 6) is -0.723. The van der Waals surface area contributed by atoms with Crippen LogP contribution >= 0.6 is 0 Å². The average Bonchev–Trinajstić information content (AvgIpc) is 2.86. The number of anilines is 1. The first-order chi connectivity index (χ1) is 11.5. The Labute approximate surface area is 136 Å². The molecule has 1 aliphatic rings. The maximum absolute atomic E-state index is 12.0. The van der Waals surface area contributed by atoms with E-state index < -0.39 is 42.8 Å². The SMILES string of the molecule is CCOCC(=O)ONc1ccn([C@@H]2O[C@H](CO)[C@@H](O)[C@H]2O)c(=O)n1. The summed E-state index contributed by atoms with van der Waals surface area (Å²) < 4.78 is 11.0. The minimum Gasteiger partial charge on any atom is -0.394 e. The quantitative estimate of drug-likeness (QED) is 0.399. The first-order valence-electron chi connectivity index (χ1n) is 7.23. The Bertz CT molecular complexity index is 621. The van der Waals surface area contributed by atoms with Gasteiger partial charge >= 0.3 is 11.7 Å². The van der Waals surface area contributed by atoms with E-state index in [1.54, 1.807) is 6.92 Å². The van der Waals surface area contributed by atoms with Gasteiger partial charge in [-0.05, 0) is 6.92 Å². The molecule has 134 valence electrons. The minimum atomic E-state index is -1.40. The lowest BCUT2D eigenvalue weighted by Gasteiger charge is -2.17. The standard InChI is InChI=1S/C13H19N3O8/c1-2-22-6-9(18)24-15-8-3-4-16(13(21)14-8)12-11(20)10(19)7(5-17)23-12/h3-4,7,10-12,17,19-20H,2,5-6H2,1H3,(H,14,15,21)/t7-,10-,11-,12-/m1/s1. The highest BCUT2D eigenvalue weighted by molar-refractivity contribution is 5.71. The molecule has 1 aliphatic heterocycles. The molecule has 4 N–H and O–H groups in total. The van der Waals surface area contributed by atoms with E-state index in [9.17, 15) is 19.8 Å². The second kappa shape index (κ2) is 8.17. The first-order valence-corrected chi connectivity index (χ1v) is 7.23. The Kier molecular flexibility index (Phi) is 6.23. The molecule has 0 saturated carbocycles. The number of nitrogens with one attached hydrogen (secondary N) is 1. The third-order valence-electron chi connectivity index (χ3n) is 3.31. The lowest BCUT2D eigenvalue weighted by Crippen LogP contribution is -2.36. The van der Waals surface area contributed by atoms with E-state index in [1.807, 2.05) is 0 Å². The highest BCUT2D eigenvalue weighted by Crippen LogP contribution is 2.28. The second-order valence-electron chi connectivity index (χ2n) is 4.94. The Balaban J connectivity index is 2.02. The molecule has 0 spiro atoms. The fourth-order valence-corrected chi connectivity index (χ4v) is 2.10. The molecule has 2 heterocycles. The van der Waals surface area contributed by atoms with Crippen molar-refractivity contribution >= 4 is 11.8 Å². The molecule has 24 heavy (non-hydrogen) atoms. The second-order valence-corrected chi connectivity index (χ2v) is 4.94. The molecule has 0 unspecified atom stereocenters. The van der Waals surface area contributed by atoms with E-state index in [-0.39, 0.29) is 12.4 Å². The largest absolute Gasteiger partial charge is 0.394 e. The average molecular weight is 345 g/mol. The Morgan fingerprint density at radius 3 is 2.79 bits per heavy atom. The fraction of sp³-hybridized carbons (Fsp3) is 0.615. The van der Waals surface area contributed by atoms with Crippen LogP contribution in [-0.4, -0.2) is 69.0 Å². The van der Waals surface area contributed by atoms with Crippen LogP contribution in [0.5, 0.6) is 0 Å². The number of aliphatic hydroxyl groups excluding tert-OH is 3. The molecule has 11 heteroatoms. The predicted octanol–water partition coefficient (Wildman–Crippen LogP) is -2.24. The Morgan fingerprint density at radius 1 is 1.46 bits per heavy atom. The van der Waals surface area contributed by atoms with Crippen LogP contribution in [0.25, 0.3) is 0 Å². The van der Waals surface area contributed by atoms with Gasteiger partial charge in [-0.25, -0.2) is 15.1 Å². The van der Waals surface area contributed by atoms with Crippen LogP contribution in [0.3, 0.4) is 0 Å².